The van der Waals surface area contributed by atoms with Gasteiger partial charge in [0, 0.05) is 26.3 Å². The Bertz CT molecular complexity index is 358. The second kappa shape index (κ2) is 6.77. The fourth-order valence-corrected chi connectivity index (χ4v) is 1.58. The van der Waals surface area contributed by atoms with Crippen molar-refractivity contribution in [2.45, 2.75) is 13.8 Å². The van der Waals surface area contributed by atoms with Gasteiger partial charge in [-0.2, -0.15) is 0 Å². The van der Waals surface area contributed by atoms with Crippen LogP contribution in [0.2, 0.25) is 5.02 Å². The lowest BCUT2D eigenvalue weighted by atomic mass is 10.2. The van der Waals surface area contributed by atoms with Crippen molar-refractivity contribution >= 4 is 17.4 Å². The summed E-state index contributed by atoms with van der Waals surface area (Å²) in [5, 5.41) is 3.62. The minimum absolute atomic E-state index is 0.317. The Hall–Kier alpha value is -0.870. The number of nitrogens with zero attached hydrogens (tertiary/aromatic N) is 2. The van der Waals surface area contributed by atoms with Crippen LogP contribution in [0.4, 0.5) is 10.2 Å². The highest BCUT2D eigenvalue weighted by Gasteiger charge is 2.09. The van der Waals surface area contributed by atoms with Crippen molar-refractivity contribution in [3.8, 4) is 0 Å². The van der Waals surface area contributed by atoms with Gasteiger partial charge in [-0.3, -0.25) is 0 Å². The molecule has 17 heavy (non-hydrogen) atoms. The molecular weight excluding hydrogens is 241 g/mol. The van der Waals surface area contributed by atoms with E-state index in [2.05, 4.69) is 24.1 Å². The summed E-state index contributed by atoms with van der Waals surface area (Å²) in [6.07, 6.45) is 1.46. The highest BCUT2D eigenvalue weighted by molar-refractivity contribution is 6.30. The lowest BCUT2D eigenvalue weighted by Crippen LogP contribution is -2.31. The van der Waals surface area contributed by atoms with Crippen LogP contribution >= 0.6 is 11.6 Å². The molecule has 0 aromatic carbocycles. The largest absolute Gasteiger partial charge is 0.356 e. The molecule has 1 N–H and O–H groups in total. The van der Waals surface area contributed by atoms with Gasteiger partial charge < -0.3 is 10.2 Å². The molecule has 0 radical (unpaired) electrons. The number of hydrogen-bond donors (Lipinski definition) is 1. The number of hydrogen-bond acceptors (Lipinski definition) is 3. The molecule has 0 aliphatic carbocycles. The molecule has 1 heterocycles. The second-order valence-corrected chi connectivity index (χ2v) is 4.91. The molecule has 3 nitrogen and oxygen atoms in total. The molecule has 0 aliphatic heterocycles. The molecule has 1 aromatic rings. The van der Waals surface area contributed by atoms with Crippen LogP contribution in [-0.2, 0) is 0 Å². The number of aromatic nitrogens is 1. The van der Waals surface area contributed by atoms with Crippen LogP contribution in [0.3, 0.4) is 0 Å². The Kier molecular flexibility index (Phi) is 5.65. The normalized spacial score (nSPS) is 10.9. The molecule has 0 saturated carbocycles. The summed E-state index contributed by atoms with van der Waals surface area (Å²) in [7, 11) is 1.82. The van der Waals surface area contributed by atoms with Gasteiger partial charge in [-0.05, 0) is 18.5 Å². The third-order valence-corrected chi connectivity index (χ3v) is 2.53. The molecule has 96 valence electrons. The summed E-state index contributed by atoms with van der Waals surface area (Å²) in [6, 6.07) is 1.28. The Morgan fingerprint density at radius 2 is 2.24 bits per heavy atom. The molecule has 0 atom stereocenters. The van der Waals surface area contributed by atoms with Crippen molar-refractivity contribution in [1.29, 1.82) is 0 Å². The van der Waals surface area contributed by atoms with Crippen molar-refractivity contribution in [3.05, 3.63) is 23.1 Å². The van der Waals surface area contributed by atoms with Gasteiger partial charge in [0.05, 0.1) is 5.02 Å². The first kappa shape index (κ1) is 14.2. The summed E-state index contributed by atoms with van der Waals surface area (Å²) in [4.78, 5) is 5.76. The quantitative estimate of drug-likeness (QED) is 0.796. The van der Waals surface area contributed by atoms with E-state index in [0.29, 0.717) is 23.3 Å². The van der Waals surface area contributed by atoms with Crippen LogP contribution in [0.15, 0.2) is 12.3 Å². The molecule has 0 aliphatic rings. The van der Waals surface area contributed by atoms with Crippen molar-refractivity contribution in [2.75, 3.05) is 31.6 Å². The monoisotopic (exact) mass is 259 g/mol. The molecule has 0 fully saturated rings. The summed E-state index contributed by atoms with van der Waals surface area (Å²) >= 11 is 5.65. The number of pyridine rings is 1. The van der Waals surface area contributed by atoms with Gasteiger partial charge in [0.15, 0.2) is 11.6 Å². The van der Waals surface area contributed by atoms with E-state index in [0.717, 1.165) is 13.1 Å². The molecular formula is C12H19ClFN3. The smallest absolute Gasteiger partial charge is 0.167 e. The van der Waals surface area contributed by atoms with Crippen LogP contribution in [0.5, 0.6) is 0 Å². The van der Waals surface area contributed by atoms with Crippen molar-refractivity contribution in [2.24, 2.45) is 5.92 Å². The van der Waals surface area contributed by atoms with E-state index >= 15 is 0 Å². The van der Waals surface area contributed by atoms with E-state index in [9.17, 15) is 4.39 Å². The first-order valence-corrected chi connectivity index (χ1v) is 6.11. The number of anilines is 1. The molecule has 0 bridgehead atoms. The minimum atomic E-state index is -0.385. The lowest BCUT2D eigenvalue weighted by Gasteiger charge is -2.19. The van der Waals surface area contributed by atoms with Gasteiger partial charge >= 0.3 is 0 Å². The Morgan fingerprint density at radius 3 is 2.82 bits per heavy atom. The summed E-state index contributed by atoms with van der Waals surface area (Å²) in [5.41, 5.74) is 0. The third-order valence-electron chi connectivity index (χ3n) is 2.33. The van der Waals surface area contributed by atoms with E-state index in [1.807, 2.05) is 7.05 Å². The Balaban J connectivity index is 2.44. The van der Waals surface area contributed by atoms with Crippen LogP contribution in [0.25, 0.3) is 0 Å². The molecule has 1 aromatic heterocycles. The van der Waals surface area contributed by atoms with E-state index in [1.54, 1.807) is 4.90 Å². The van der Waals surface area contributed by atoms with Gasteiger partial charge in [-0.25, -0.2) is 9.37 Å². The zero-order valence-corrected chi connectivity index (χ0v) is 11.3. The first-order chi connectivity index (χ1) is 8.00. The maximum Gasteiger partial charge on any atom is 0.167 e. The van der Waals surface area contributed by atoms with E-state index < -0.39 is 0 Å². The maximum absolute atomic E-state index is 13.5. The van der Waals surface area contributed by atoms with E-state index in [1.165, 1.54) is 12.3 Å². The van der Waals surface area contributed by atoms with Crippen LogP contribution < -0.4 is 10.2 Å². The molecule has 1 rings (SSSR count). The summed E-state index contributed by atoms with van der Waals surface area (Å²) in [6.45, 7) is 6.77. The van der Waals surface area contributed by atoms with Crippen LogP contribution in [0.1, 0.15) is 13.8 Å². The number of likely N-dealkylation sites (N-methyl/N-ethyl adjacent to an activating group) is 1. The fourth-order valence-electron chi connectivity index (χ4n) is 1.43. The number of nitrogens with one attached hydrogen (secondary N) is 1. The van der Waals surface area contributed by atoms with Gasteiger partial charge in [-0.15, -0.1) is 0 Å². The predicted octanol–water partition coefficient (Wildman–Crippen LogP) is 2.56. The first-order valence-electron chi connectivity index (χ1n) is 5.73. The van der Waals surface area contributed by atoms with Crippen molar-refractivity contribution in [3.63, 3.8) is 0 Å². The maximum atomic E-state index is 13.5. The van der Waals surface area contributed by atoms with Crippen molar-refractivity contribution in [1.82, 2.24) is 10.3 Å². The zero-order chi connectivity index (χ0) is 12.8. The molecule has 0 unspecified atom stereocenters. The third kappa shape index (κ3) is 4.88. The molecule has 0 saturated heterocycles. The van der Waals surface area contributed by atoms with E-state index in [4.69, 9.17) is 11.6 Å². The van der Waals surface area contributed by atoms with Crippen LogP contribution in [-0.4, -0.2) is 31.7 Å². The average Bonchev–Trinajstić information content (AvgIpc) is 2.23. The minimum Gasteiger partial charge on any atom is -0.356 e. The molecule has 0 spiro atoms. The summed E-state index contributed by atoms with van der Waals surface area (Å²) < 4.78 is 13.5. The lowest BCUT2D eigenvalue weighted by molar-refractivity contribution is 0.550. The number of rotatable bonds is 6. The van der Waals surface area contributed by atoms with Gasteiger partial charge in [-0.1, -0.05) is 25.4 Å². The average molecular weight is 260 g/mol. The standard InChI is InChI=1S/C12H19ClFN3/c1-9(2)7-15-4-5-17(3)12-11(14)6-10(13)8-16-12/h6,8-9,15H,4-5,7H2,1-3H3. The van der Waals surface area contributed by atoms with Gasteiger partial charge in [0.2, 0.25) is 0 Å². The van der Waals surface area contributed by atoms with Gasteiger partial charge in [0.1, 0.15) is 0 Å². The highest BCUT2D eigenvalue weighted by Crippen LogP contribution is 2.17. The van der Waals surface area contributed by atoms with Gasteiger partial charge in [0.25, 0.3) is 0 Å². The number of halogens is 2. The topological polar surface area (TPSA) is 28.2 Å². The Morgan fingerprint density at radius 1 is 1.53 bits per heavy atom. The second-order valence-electron chi connectivity index (χ2n) is 4.48. The predicted molar refractivity (Wildman–Crippen MR) is 70.2 cm³/mol. The molecule has 0 amide bonds. The SMILES string of the molecule is CC(C)CNCCN(C)c1ncc(Cl)cc1F. The van der Waals surface area contributed by atoms with Crippen LogP contribution in [0, 0.1) is 11.7 Å². The fraction of sp³-hybridized carbons (Fsp3) is 0.583. The Labute approximate surface area is 107 Å². The van der Waals surface area contributed by atoms with Crippen molar-refractivity contribution < 1.29 is 4.39 Å². The van der Waals surface area contributed by atoms with E-state index in [-0.39, 0.29) is 5.82 Å². The molecule has 5 heteroatoms. The summed E-state index contributed by atoms with van der Waals surface area (Å²) in [5.74, 6) is 0.565. The zero-order valence-electron chi connectivity index (χ0n) is 10.5. The highest BCUT2D eigenvalue weighted by atomic mass is 35.5.